The van der Waals surface area contributed by atoms with Gasteiger partial charge in [0, 0.05) is 17.6 Å². The highest BCUT2D eigenvalue weighted by Crippen LogP contribution is 2.34. The van der Waals surface area contributed by atoms with Crippen molar-refractivity contribution in [3.63, 3.8) is 0 Å². The molecular weight excluding hydrogens is 451 g/mol. The normalized spacial score (nSPS) is 13.3. The molecule has 0 fully saturated rings. The molecule has 1 atom stereocenters. The number of nitrogens with zero attached hydrogens (tertiary/aromatic N) is 2. The van der Waals surface area contributed by atoms with E-state index in [9.17, 15) is 31.7 Å². The molecule has 0 saturated carbocycles. The van der Waals surface area contributed by atoms with E-state index in [4.69, 9.17) is 11.6 Å². The van der Waals surface area contributed by atoms with E-state index in [1.54, 1.807) is 43.3 Å². The third-order valence-electron chi connectivity index (χ3n) is 3.78. The highest BCUT2D eigenvalue weighted by Gasteiger charge is 2.35. The fourth-order valence-corrected chi connectivity index (χ4v) is 3.91. The van der Waals surface area contributed by atoms with Crippen molar-refractivity contribution in [3.05, 3.63) is 63.2 Å². The fraction of sp³-hybridized carbons (Fsp3) is 0.294. The molecule has 0 saturated heterocycles. The zero-order valence-corrected chi connectivity index (χ0v) is 17.3. The Labute approximate surface area is 175 Å². The molecule has 0 spiro atoms. The van der Waals surface area contributed by atoms with Gasteiger partial charge in [0.2, 0.25) is 15.8 Å². The number of nitrogens with one attached hydrogen (secondary N) is 1. The lowest BCUT2D eigenvalue weighted by molar-refractivity contribution is -0.388. The van der Waals surface area contributed by atoms with Crippen molar-refractivity contribution < 1.29 is 31.2 Å². The molecule has 0 aliphatic heterocycles. The quantitative estimate of drug-likeness (QED) is 0.469. The first-order chi connectivity index (χ1) is 13.8. The van der Waals surface area contributed by atoms with Gasteiger partial charge in [0.1, 0.15) is 0 Å². The van der Waals surface area contributed by atoms with Gasteiger partial charge in [0.05, 0.1) is 15.9 Å². The Morgan fingerprint density at radius 1 is 1.20 bits per heavy atom. The number of likely N-dealkylation sites (N-methyl/N-ethyl adjacent to an activating group) is 1. The maximum absolute atomic E-state index is 12.8. The minimum absolute atomic E-state index is 0.234. The summed E-state index contributed by atoms with van der Waals surface area (Å²) >= 11 is 5.85. The highest BCUT2D eigenvalue weighted by atomic mass is 35.5. The molecule has 30 heavy (non-hydrogen) atoms. The topological polar surface area (TPSA) is 102 Å². The molecule has 0 heterocycles. The lowest BCUT2D eigenvalue weighted by atomic mass is 10.1. The molecule has 0 aliphatic rings. The molecule has 0 unspecified atom stereocenters. The number of rotatable bonds is 8. The van der Waals surface area contributed by atoms with Gasteiger partial charge in [0.25, 0.3) is 0 Å². The molecule has 13 heteroatoms. The molecule has 164 valence electrons. The number of alkyl halides is 3. The molecule has 0 amide bonds. The van der Waals surface area contributed by atoms with Gasteiger partial charge in [-0.2, -0.15) is 0 Å². The van der Waals surface area contributed by atoms with Crippen LogP contribution in [0.15, 0.2) is 47.4 Å². The van der Waals surface area contributed by atoms with Crippen molar-refractivity contribution in [1.82, 2.24) is 9.62 Å². The van der Waals surface area contributed by atoms with Crippen LogP contribution < -0.4 is 9.46 Å². The van der Waals surface area contributed by atoms with Gasteiger partial charge in [-0.25, -0.2) is 13.1 Å². The summed E-state index contributed by atoms with van der Waals surface area (Å²) in [5, 5.41) is 11.6. The summed E-state index contributed by atoms with van der Waals surface area (Å²) < 4.78 is 68.9. The minimum atomic E-state index is -5.17. The van der Waals surface area contributed by atoms with Crippen molar-refractivity contribution in [1.29, 1.82) is 0 Å². The van der Waals surface area contributed by atoms with Crippen molar-refractivity contribution >= 4 is 27.3 Å². The Morgan fingerprint density at radius 3 is 2.30 bits per heavy atom. The lowest BCUT2D eigenvalue weighted by Crippen LogP contribution is -2.35. The summed E-state index contributed by atoms with van der Waals surface area (Å²) in [6.45, 7) is 0.234. The summed E-state index contributed by atoms with van der Waals surface area (Å²) in [7, 11) is -0.904. The number of nitro benzene ring substituents is 1. The maximum atomic E-state index is 12.8. The Bertz CT molecular complexity index is 1010. The number of hydrogen-bond acceptors (Lipinski definition) is 6. The van der Waals surface area contributed by atoms with Gasteiger partial charge in [-0.3, -0.25) is 10.1 Å². The van der Waals surface area contributed by atoms with E-state index in [0.29, 0.717) is 22.7 Å². The third-order valence-corrected chi connectivity index (χ3v) is 5.50. The molecule has 0 aliphatic carbocycles. The van der Waals surface area contributed by atoms with Crippen LogP contribution in [0.4, 0.5) is 18.9 Å². The average molecular weight is 468 g/mol. The Hall–Kier alpha value is -2.41. The van der Waals surface area contributed by atoms with E-state index in [0.717, 1.165) is 6.07 Å². The number of ether oxygens (including phenoxy) is 1. The molecule has 0 bridgehead atoms. The van der Waals surface area contributed by atoms with Crippen LogP contribution in [-0.4, -0.2) is 45.2 Å². The van der Waals surface area contributed by atoms with Crippen LogP contribution in [0.1, 0.15) is 11.6 Å². The molecule has 1 N–H and O–H groups in total. The van der Waals surface area contributed by atoms with Crippen LogP contribution in [0.2, 0.25) is 5.02 Å². The van der Waals surface area contributed by atoms with Crippen molar-refractivity contribution in [2.45, 2.75) is 17.3 Å². The second-order valence-corrected chi connectivity index (χ2v) is 8.57. The van der Waals surface area contributed by atoms with Crippen molar-refractivity contribution in [2.24, 2.45) is 0 Å². The van der Waals surface area contributed by atoms with Gasteiger partial charge >= 0.3 is 12.0 Å². The summed E-state index contributed by atoms with van der Waals surface area (Å²) in [6.07, 6.45) is -5.17. The fourth-order valence-electron chi connectivity index (χ4n) is 2.54. The highest BCUT2D eigenvalue weighted by molar-refractivity contribution is 7.89. The Balaban J connectivity index is 2.41. The van der Waals surface area contributed by atoms with Crippen LogP contribution in [0.5, 0.6) is 5.75 Å². The smallest absolute Gasteiger partial charge is 0.398 e. The average Bonchev–Trinajstić information content (AvgIpc) is 2.59. The first kappa shape index (κ1) is 23.9. The number of sulfonamides is 1. The largest absolute Gasteiger partial charge is 0.573 e. The molecule has 2 aromatic rings. The van der Waals surface area contributed by atoms with Crippen LogP contribution in [0.25, 0.3) is 0 Å². The standard InChI is InChI=1S/C17H17ClF3N3O5S/c1-23(2)10-14(11-3-5-12(18)6-4-11)22-30(27,28)13-7-8-16(29-17(19,20)21)15(9-13)24(25)26/h3-9,14,22H,10H2,1-2H3/t14-/m0/s1. The second-order valence-electron chi connectivity index (χ2n) is 6.42. The number of benzene rings is 2. The van der Waals surface area contributed by atoms with Gasteiger partial charge in [-0.15, -0.1) is 13.2 Å². The van der Waals surface area contributed by atoms with Crippen LogP contribution in [-0.2, 0) is 10.0 Å². The van der Waals surface area contributed by atoms with E-state index in [1.165, 1.54) is 0 Å². The second kappa shape index (κ2) is 9.16. The number of halogens is 4. The lowest BCUT2D eigenvalue weighted by Gasteiger charge is -2.23. The van der Waals surface area contributed by atoms with Crippen LogP contribution in [0.3, 0.4) is 0 Å². The zero-order valence-electron chi connectivity index (χ0n) is 15.7. The summed E-state index contributed by atoms with van der Waals surface area (Å²) in [5.41, 5.74) is -0.561. The third kappa shape index (κ3) is 6.55. The summed E-state index contributed by atoms with van der Waals surface area (Å²) in [5.74, 6) is -1.12. The molecule has 2 aromatic carbocycles. The Kier molecular flexibility index (Phi) is 7.29. The molecule has 8 nitrogen and oxygen atoms in total. The monoisotopic (exact) mass is 467 g/mol. The van der Waals surface area contributed by atoms with E-state index < -0.39 is 43.7 Å². The summed E-state index contributed by atoms with van der Waals surface area (Å²) in [6, 6.07) is 7.51. The van der Waals surface area contributed by atoms with Crippen molar-refractivity contribution in [2.75, 3.05) is 20.6 Å². The molecule has 2 rings (SSSR count). The van der Waals surface area contributed by atoms with Crippen LogP contribution >= 0.6 is 11.6 Å². The van der Waals surface area contributed by atoms with E-state index in [1.807, 2.05) is 0 Å². The first-order valence-corrected chi connectivity index (χ1v) is 10.1. The predicted octanol–water partition coefficient (Wildman–Crippen LogP) is 3.73. The van der Waals surface area contributed by atoms with E-state index in [2.05, 4.69) is 9.46 Å². The van der Waals surface area contributed by atoms with Gasteiger partial charge in [-0.1, -0.05) is 23.7 Å². The summed E-state index contributed by atoms with van der Waals surface area (Å²) in [4.78, 5) is 11.1. The van der Waals surface area contributed by atoms with Crippen molar-refractivity contribution in [3.8, 4) is 5.75 Å². The Morgan fingerprint density at radius 2 is 1.80 bits per heavy atom. The number of nitro groups is 1. The van der Waals surface area contributed by atoms with E-state index in [-0.39, 0.29) is 6.54 Å². The minimum Gasteiger partial charge on any atom is -0.398 e. The van der Waals surface area contributed by atoms with Crippen LogP contribution in [0, 0.1) is 10.1 Å². The molecular formula is C17H17ClF3N3O5S. The molecule has 0 aromatic heterocycles. The predicted molar refractivity (Wildman–Crippen MR) is 103 cm³/mol. The first-order valence-electron chi connectivity index (χ1n) is 8.25. The van der Waals surface area contributed by atoms with E-state index >= 15 is 0 Å². The SMILES string of the molecule is CN(C)C[C@H](NS(=O)(=O)c1ccc(OC(F)(F)F)c([N+](=O)[O-])c1)c1ccc(Cl)cc1. The maximum Gasteiger partial charge on any atom is 0.573 e. The number of hydrogen-bond donors (Lipinski definition) is 1. The molecule has 0 radical (unpaired) electrons. The van der Waals surface area contributed by atoms with Gasteiger partial charge in [0.15, 0.2) is 0 Å². The van der Waals surface area contributed by atoms with Gasteiger partial charge < -0.3 is 9.64 Å². The van der Waals surface area contributed by atoms with Gasteiger partial charge in [-0.05, 0) is 43.9 Å². The zero-order chi connectivity index (χ0) is 22.7.